The molecule has 1 aliphatic heterocycles. The fourth-order valence-corrected chi connectivity index (χ4v) is 5.30. The zero-order valence-electron chi connectivity index (χ0n) is 24.5. The third-order valence-electron chi connectivity index (χ3n) is 7.53. The van der Waals surface area contributed by atoms with E-state index >= 15 is 0 Å². The summed E-state index contributed by atoms with van der Waals surface area (Å²) in [5.41, 5.74) is 3.86. The van der Waals surface area contributed by atoms with Crippen LogP contribution in [-0.2, 0) is 0 Å². The molecule has 0 spiro atoms. The Labute approximate surface area is 263 Å². The van der Waals surface area contributed by atoms with Crippen LogP contribution in [0.2, 0.25) is 0 Å². The molecule has 7 rings (SSSR count). The van der Waals surface area contributed by atoms with Crippen LogP contribution in [0.1, 0.15) is 36.6 Å². The third kappa shape index (κ3) is 5.39. The van der Waals surface area contributed by atoms with Gasteiger partial charge in [-0.2, -0.15) is 0 Å². The van der Waals surface area contributed by atoms with Crippen LogP contribution in [0.25, 0.3) is 28.2 Å². The number of benzene rings is 5. The number of hydrogen-bond donors (Lipinski definition) is 1. The molecule has 0 amide bonds. The van der Waals surface area contributed by atoms with Crippen molar-refractivity contribution in [2.24, 2.45) is 0 Å². The number of hydrogen-bond acceptors (Lipinski definition) is 7. The Kier molecular flexibility index (Phi) is 7.36. The molecule has 5 aromatic carbocycles. The number of aromatic nitrogens is 1. The molecule has 2 heterocycles. The average Bonchev–Trinajstić information content (AvgIpc) is 3.62. The Balaban J connectivity index is 1.32. The fourth-order valence-electron chi connectivity index (χ4n) is 5.30. The lowest BCUT2D eigenvalue weighted by atomic mass is 10.0. The summed E-state index contributed by atoms with van der Waals surface area (Å²) in [5, 5.41) is 0.811. The maximum atomic E-state index is 14.0. The van der Waals surface area contributed by atoms with Gasteiger partial charge in [-0.3, -0.25) is 4.79 Å². The van der Waals surface area contributed by atoms with Crippen molar-refractivity contribution in [2.75, 3.05) is 7.11 Å². The minimum atomic E-state index is -0.686. The molecule has 0 unspecified atom stereocenters. The van der Waals surface area contributed by atoms with E-state index in [1.807, 2.05) is 48.5 Å². The topological polar surface area (TPSA) is 104 Å². The number of nitrogens with one attached hydrogen (secondary N) is 1. The molecule has 6 aromatic rings. The van der Waals surface area contributed by atoms with Crippen molar-refractivity contribution < 1.29 is 33.3 Å². The number of carbonyl (C=O) groups is 3. The van der Waals surface area contributed by atoms with Crippen LogP contribution < -0.4 is 18.9 Å². The number of Topliss-reactive ketones (excluding diaryl/α,β-unsaturated/α-hetero) is 1. The first-order valence-corrected chi connectivity index (χ1v) is 14.4. The summed E-state index contributed by atoms with van der Waals surface area (Å²) in [5.74, 6) is -1.13. The number of allylic oxidation sites excluding steroid dienone is 1. The highest BCUT2D eigenvalue weighted by Gasteiger charge is 2.34. The van der Waals surface area contributed by atoms with E-state index in [9.17, 15) is 14.4 Å². The number of methoxy groups -OCH3 is 1. The Morgan fingerprint density at radius 3 is 2.00 bits per heavy atom. The monoisotopic (exact) mass is 607 g/mol. The standard InChI is InChI=1S/C38H25NO7/c1-43-26-17-18-30-28(19-26)29(35(39-30)23-11-5-2-6-12-23)22-33-36(40)34-31(45-33)20-27(44-37(41)24-13-7-3-8-14-24)21-32(34)46-38(42)25-15-9-4-10-16-25/h2-22,39H,1H3/b33-22-. The Morgan fingerprint density at radius 2 is 1.35 bits per heavy atom. The van der Waals surface area contributed by atoms with E-state index in [2.05, 4.69) is 4.98 Å². The third-order valence-corrected chi connectivity index (χ3v) is 7.53. The van der Waals surface area contributed by atoms with Crippen molar-refractivity contribution in [3.05, 3.63) is 149 Å². The van der Waals surface area contributed by atoms with Gasteiger partial charge in [0, 0.05) is 28.6 Å². The summed E-state index contributed by atoms with van der Waals surface area (Å²) in [4.78, 5) is 43.5. The van der Waals surface area contributed by atoms with Gasteiger partial charge in [-0.05, 0) is 54.1 Å². The summed E-state index contributed by atoms with van der Waals surface area (Å²) in [7, 11) is 1.59. The molecule has 0 saturated carbocycles. The molecule has 1 N–H and O–H groups in total. The first-order valence-electron chi connectivity index (χ1n) is 14.4. The van der Waals surface area contributed by atoms with E-state index in [0.717, 1.165) is 22.2 Å². The van der Waals surface area contributed by atoms with E-state index in [0.29, 0.717) is 16.9 Å². The van der Waals surface area contributed by atoms with E-state index < -0.39 is 17.7 Å². The van der Waals surface area contributed by atoms with Gasteiger partial charge in [-0.25, -0.2) is 9.59 Å². The second-order valence-corrected chi connectivity index (χ2v) is 10.4. The van der Waals surface area contributed by atoms with E-state index in [4.69, 9.17) is 18.9 Å². The summed E-state index contributed by atoms with van der Waals surface area (Å²) >= 11 is 0. The molecule has 0 aliphatic carbocycles. The zero-order chi connectivity index (χ0) is 31.6. The Morgan fingerprint density at radius 1 is 0.717 bits per heavy atom. The quantitative estimate of drug-likeness (QED) is 0.112. The summed E-state index contributed by atoms with van der Waals surface area (Å²) in [6.07, 6.45) is 1.65. The van der Waals surface area contributed by atoms with E-state index in [1.54, 1.807) is 73.8 Å². The van der Waals surface area contributed by atoms with Crippen molar-refractivity contribution in [3.8, 4) is 34.3 Å². The molecule has 224 valence electrons. The minimum Gasteiger partial charge on any atom is -0.497 e. The van der Waals surface area contributed by atoms with Gasteiger partial charge >= 0.3 is 11.9 Å². The maximum Gasteiger partial charge on any atom is 0.343 e. The lowest BCUT2D eigenvalue weighted by molar-refractivity contribution is 0.0732. The SMILES string of the molecule is COc1ccc2[nH]c(-c3ccccc3)c(/C=C3\Oc4cc(OC(=O)c5ccccc5)cc(OC(=O)c5ccccc5)c4C3=O)c2c1. The number of ketones is 1. The van der Waals surface area contributed by atoms with E-state index in [-0.39, 0.29) is 34.1 Å². The van der Waals surface area contributed by atoms with Crippen molar-refractivity contribution in [2.45, 2.75) is 0 Å². The normalized spacial score (nSPS) is 12.9. The molecule has 8 heteroatoms. The average molecular weight is 608 g/mol. The molecule has 1 aromatic heterocycles. The molecule has 0 atom stereocenters. The number of carbonyl (C=O) groups excluding carboxylic acids is 3. The number of esters is 2. The van der Waals surface area contributed by atoms with Gasteiger partial charge < -0.3 is 23.9 Å². The van der Waals surface area contributed by atoms with Crippen LogP contribution >= 0.6 is 0 Å². The number of aromatic amines is 1. The van der Waals surface area contributed by atoms with Crippen LogP contribution in [0.5, 0.6) is 23.0 Å². The van der Waals surface area contributed by atoms with Gasteiger partial charge in [0.05, 0.1) is 23.9 Å². The first-order chi connectivity index (χ1) is 22.5. The van der Waals surface area contributed by atoms with Gasteiger partial charge in [0.15, 0.2) is 5.76 Å². The molecule has 0 saturated heterocycles. The second-order valence-electron chi connectivity index (χ2n) is 10.4. The van der Waals surface area contributed by atoms with Crippen LogP contribution in [0.3, 0.4) is 0 Å². The van der Waals surface area contributed by atoms with Gasteiger partial charge in [0.1, 0.15) is 28.6 Å². The maximum absolute atomic E-state index is 14.0. The Bertz CT molecular complexity index is 2150. The molecule has 0 bridgehead atoms. The van der Waals surface area contributed by atoms with Gasteiger partial charge in [-0.15, -0.1) is 0 Å². The number of ether oxygens (including phenoxy) is 4. The Hall–Kier alpha value is -6.41. The van der Waals surface area contributed by atoms with Crippen molar-refractivity contribution >= 4 is 34.7 Å². The highest BCUT2D eigenvalue weighted by atomic mass is 16.6. The minimum absolute atomic E-state index is 0.000512. The summed E-state index contributed by atoms with van der Waals surface area (Å²) in [6, 6.07) is 35.0. The van der Waals surface area contributed by atoms with Crippen molar-refractivity contribution in [3.63, 3.8) is 0 Å². The van der Waals surface area contributed by atoms with Crippen molar-refractivity contribution in [1.82, 2.24) is 4.98 Å². The number of rotatable bonds is 7. The second kappa shape index (κ2) is 11.9. The summed E-state index contributed by atoms with van der Waals surface area (Å²) < 4.78 is 23.0. The van der Waals surface area contributed by atoms with Gasteiger partial charge in [0.2, 0.25) is 5.78 Å². The van der Waals surface area contributed by atoms with Crippen LogP contribution in [0.4, 0.5) is 0 Å². The number of fused-ring (bicyclic) bond motifs is 2. The first kappa shape index (κ1) is 28.4. The molecule has 1 aliphatic rings. The molecule has 46 heavy (non-hydrogen) atoms. The molecule has 0 radical (unpaired) electrons. The van der Waals surface area contributed by atoms with Crippen molar-refractivity contribution in [1.29, 1.82) is 0 Å². The van der Waals surface area contributed by atoms with Crippen LogP contribution in [0, 0.1) is 0 Å². The van der Waals surface area contributed by atoms with Gasteiger partial charge in [0.25, 0.3) is 0 Å². The lowest BCUT2D eigenvalue weighted by Gasteiger charge is -2.11. The molecule has 0 fully saturated rings. The fraction of sp³-hybridized carbons (Fsp3) is 0.0263. The smallest absolute Gasteiger partial charge is 0.343 e. The molecular formula is C38H25NO7. The predicted octanol–water partition coefficient (Wildman–Crippen LogP) is 7.90. The number of H-pyrrole nitrogens is 1. The molecule has 8 nitrogen and oxygen atoms in total. The molecular weight excluding hydrogens is 582 g/mol. The summed E-state index contributed by atoms with van der Waals surface area (Å²) in [6.45, 7) is 0. The highest BCUT2D eigenvalue weighted by molar-refractivity contribution is 6.18. The van der Waals surface area contributed by atoms with Crippen LogP contribution in [0.15, 0.2) is 127 Å². The highest BCUT2D eigenvalue weighted by Crippen LogP contribution is 2.43. The lowest BCUT2D eigenvalue weighted by Crippen LogP contribution is -2.12. The predicted molar refractivity (Wildman–Crippen MR) is 172 cm³/mol. The van der Waals surface area contributed by atoms with Crippen LogP contribution in [-0.4, -0.2) is 29.8 Å². The van der Waals surface area contributed by atoms with Gasteiger partial charge in [-0.1, -0.05) is 66.7 Å². The van der Waals surface area contributed by atoms with E-state index in [1.165, 1.54) is 12.1 Å². The largest absolute Gasteiger partial charge is 0.497 e. The zero-order valence-corrected chi connectivity index (χ0v) is 24.5.